The van der Waals surface area contributed by atoms with Crippen LogP contribution in [0.5, 0.6) is 5.75 Å². The van der Waals surface area contributed by atoms with Gasteiger partial charge in [-0.3, -0.25) is 9.59 Å². The Morgan fingerprint density at radius 2 is 1.79 bits per heavy atom. The number of amides is 1. The monoisotopic (exact) mass is 325 g/mol. The maximum atomic E-state index is 12.4. The quantitative estimate of drug-likeness (QED) is 0.780. The molecule has 0 aliphatic carbocycles. The molecule has 4 heteroatoms. The van der Waals surface area contributed by atoms with Crippen molar-refractivity contribution in [1.29, 1.82) is 0 Å². The van der Waals surface area contributed by atoms with Crippen LogP contribution in [0.25, 0.3) is 0 Å². The Bertz CT molecular complexity index is 708. The minimum absolute atomic E-state index is 0.0431. The van der Waals surface area contributed by atoms with Gasteiger partial charge >= 0.3 is 0 Å². The molecule has 0 heterocycles. The van der Waals surface area contributed by atoms with Crippen LogP contribution >= 0.6 is 0 Å². The van der Waals surface area contributed by atoms with Crippen molar-refractivity contribution < 1.29 is 14.3 Å². The first-order valence-electron chi connectivity index (χ1n) is 8.07. The number of Topliss-reactive ketones (excluding diaryl/α,β-unsaturated/α-hetero) is 1. The molecule has 126 valence electrons. The van der Waals surface area contributed by atoms with Crippen molar-refractivity contribution in [1.82, 2.24) is 0 Å². The van der Waals surface area contributed by atoms with Crippen molar-refractivity contribution in [2.24, 2.45) is 5.92 Å². The topological polar surface area (TPSA) is 55.4 Å². The van der Waals surface area contributed by atoms with Crippen molar-refractivity contribution in [3.05, 3.63) is 59.7 Å². The highest BCUT2D eigenvalue weighted by molar-refractivity contribution is 5.99. The Hall–Kier alpha value is -2.62. The molecule has 2 rings (SSSR count). The number of carbonyl (C=O) groups is 2. The Kier molecular flexibility index (Phi) is 6.13. The van der Waals surface area contributed by atoms with Crippen LogP contribution in [0.3, 0.4) is 0 Å². The molecule has 0 aromatic heterocycles. The third-order valence-corrected chi connectivity index (χ3v) is 3.79. The summed E-state index contributed by atoms with van der Waals surface area (Å²) in [4.78, 5) is 24.4. The molecule has 0 atom stereocenters. The van der Waals surface area contributed by atoms with Gasteiger partial charge in [0, 0.05) is 17.9 Å². The average molecular weight is 325 g/mol. The van der Waals surface area contributed by atoms with E-state index in [0.29, 0.717) is 29.8 Å². The van der Waals surface area contributed by atoms with Gasteiger partial charge in [0.2, 0.25) is 5.91 Å². The number of benzene rings is 2. The molecule has 0 radical (unpaired) electrons. The van der Waals surface area contributed by atoms with Gasteiger partial charge in [-0.05, 0) is 30.2 Å². The number of methoxy groups -OCH3 is 1. The SMILES string of the molecule is COc1ccc(C(=O)CCc2ccccc2)cc1NC(=O)C(C)C. The van der Waals surface area contributed by atoms with E-state index in [0.717, 1.165) is 5.56 Å². The molecule has 0 aliphatic rings. The molecule has 0 fully saturated rings. The number of carbonyl (C=O) groups excluding carboxylic acids is 2. The minimum atomic E-state index is -0.146. The maximum absolute atomic E-state index is 12.4. The molecule has 4 nitrogen and oxygen atoms in total. The molecule has 0 spiro atoms. The van der Waals surface area contributed by atoms with Gasteiger partial charge in [0.25, 0.3) is 0 Å². The standard InChI is InChI=1S/C20H23NO3/c1-14(2)20(23)21-17-13-16(10-12-19(17)24-3)18(22)11-9-15-7-5-4-6-8-15/h4-8,10,12-14H,9,11H2,1-3H3,(H,21,23). The number of aryl methyl sites for hydroxylation is 1. The lowest BCUT2D eigenvalue weighted by molar-refractivity contribution is -0.118. The van der Waals surface area contributed by atoms with Crippen LogP contribution in [-0.4, -0.2) is 18.8 Å². The van der Waals surface area contributed by atoms with E-state index >= 15 is 0 Å². The lowest BCUT2D eigenvalue weighted by Crippen LogP contribution is -2.18. The molecule has 0 unspecified atom stereocenters. The highest BCUT2D eigenvalue weighted by Gasteiger charge is 2.14. The second kappa shape index (κ2) is 8.29. The summed E-state index contributed by atoms with van der Waals surface area (Å²) in [5, 5.41) is 2.81. The van der Waals surface area contributed by atoms with Gasteiger partial charge in [0.1, 0.15) is 5.75 Å². The van der Waals surface area contributed by atoms with Crippen LogP contribution in [0.15, 0.2) is 48.5 Å². The number of rotatable bonds is 7. The van der Waals surface area contributed by atoms with Gasteiger partial charge < -0.3 is 10.1 Å². The Morgan fingerprint density at radius 3 is 2.42 bits per heavy atom. The summed E-state index contributed by atoms with van der Waals surface area (Å²) in [5.41, 5.74) is 2.24. The summed E-state index contributed by atoms with van der Waals surface area (Å²) in [6.07, 6.45) is 1.12. The molecule has 24 heavy (non-hydrogen) atoms. The van der Waals surface area contributed by atoms with Gasteiger partial charge in [-0.1, -0.05) is 44.2 Å². The minimum Gasteiger partial charge on any atom is -0.495 e. The zero-order valence-corrected chi connectivity index (χ0v) is 14.3. The Labute approximate surface area is 142 Å². The zero-order chi connectivity index (χ0) is 17.5. The molecule has 0 bridgehead atoms. The zero-order valence-electron chi connectivity index (χ0n) is 14.3. The number of hydrogen-bond acceptors (Lipinski definition) is 3. The summed E-state index contributed by atoms with van der Waals surface area (Å²) in [6, 6.07) is 15.0. The fourth-order valence-electron chi connectivity index (χ4n) is 2.30. The molecule has 0 saturated heterocycles. The first kappa shape index (κ1) is 17.7. The summed E-state index contributed by atoms with van der Waals surface area (Å²) in [6.45, 7) is 3.63. The fourth-order valence-corrected chi connectivity index (χ4v) is 2.30. The Balaban J connectivity index is 2.12. The maximum Gasteiger partial charge on any atom is 0.227 e. The van der Waals surface area contributed by atoms with Crippen LogP contribution < -0.4 is 10.1 Å². The third kappa shape index (κ3) is 4.69. The predicted octanol–water partition coefficient (Wildman–Crippen LogP) is 4.11. The first-order chi connectivity index (χ1) is 11.5. The number of ether oxygens (including phenoxy) is 1. The largest absolute Gasteiger partial charge is 0.495 e. The van der Waals surface area contributed by atoms with Crippen LogP contribution in [0, 0.1) is 5.92 Å². The summed E-state index contributed by atoms with van der Waals surface area (Å²) >= 11 is 0. The van der Waals surface area contributed by atoms with Gasteiger partial charge in [-0.15, -0.1) is 0 Å². The van der Waals surface area contributed by atoms with E-state index in [2.05, 4.69) is 5.32 Å². The van der Waals surface area contributed by atoms with Crippen molar-refractivity contribution in [2.75, 3.05) is 12.4 Å². The molecule has 2 aromatic carbocycles. The van der Waals surface area contributed by atoms with E-state index in [9.17, 15) is 9.59 Å². The van der Waals surface area contributed by atoms with E-state index < -0.39 is 0 Å². The number of nitrogens with one attached hydrogen (secondary N) is 1. The van der Waals surface area contributed by atoms with Crippen molar-refractivity contribution in [3.8, 4) is 5.75 Å². The van der Waals surface area contributed by atoms with Crippen LogP contribution in [0.2, 0.25) is 0 Å². The molecule has 2 aromatic rings. The third-order valence-electron chi connectivity index (χ3n) is 3.79. The van der Waals surface area contributed by atoms with E-state index in [4.69, 9.17) is 4.74 Å². The second-order valence-corrected chi connectivity index (χ2v) is 5.97. The summed E-state index contributed by atoms with van der Waals surface area (Å²) in [7, 11) is 1.54. The van der Waals surface area contributed by atoms with Crippen LogP contribution in [0.4, 0.5) is 5.69 Å². The van der Waals surface area contributed by atoms with E-state index in [1.165, 1.54) is 7.11 Å². The van der Waals surface area contributed by atoms with Crippen LogP contribution in [0.1, 0.15) is 36.2 Å². The van der Waals surface area contributed by atoms with E-state index in [-0.39, 0.29) is 17.6 Å². The normalized spacial score (nSPS) is 10.5. The molecule has 1 N–H and O–H groups in total. The lowest BCUT2D eigenvalue weighted by Gasteiger charge is -2.13. The van der Waals surface area contributed by atoms with Gasteiger partial charge in [-0.25, -0.2) is 0 Å². The molecule has 0 saturated carbocycles. The number of ketones is 1. The van der Waals surface area contributed by atoms with Gasteiger partial charge in [0.05, 0.1) is 12.8 Å². The van der Waals surface area contributed by atoms with Crippen molar-refractivity contribution in [3.63, 3.8) is 0 Å². The van der Waals surface area contributed by atoms with Gasteiger partial charge in [0.15, 0.2) is 5.78 Å². The van der Waals surface area contributed by atoms with Crippen LogP contribution in [-0.2, 0) is 11.2 Å². The molecule has 1 amide bonds. The van der Waals surface area contributed by atoms with Crippen molar-refractivity contribution in [2.45, 2.75) is 26.7 Å². The van der Waals surface area contributed by atoms with E-state index in [1.807, 2.05) is 44.2 Å². The van der Waals surface area contributed by atoms with Gasteiger partial charge in [-0.2, -0.15) is 0 Å². The average Bonchev–Trinajstić information content (AvgIpc) is 2.60. The molecular formula is C20H23NO3. The number of hydrogen-bond donors (Lipinski definition) is 1. The summed E-state index contributed by atoms with van der Waals surface area (Å²) in [5.74, 6) is 0.333. The van der Waals surface area contributed by atoms with Crippen molar-refractivity contribution >= 4 is 17.4 Å². The fraction of sp³-hybridized carbons (Fsp3) is 0.300. The number of anilines is 1. The Morgan fingerprint density at radius 1 is 1.08 bits per heavy atom. The highest BCUT2D eigenvalue weighted by atomic mass is 16.5. The smallest absolute Gasteiger partial charge is 0.227 e. The lowest BCUT2D eigenvalue weighted by atomic mass is 10.0. The second-order valence-electron chi connectivity index (χ2n) is 5.97. The first-order valence-corrected chi connectivity index (χ1v) is 8.07. The molecule has 0 aliphatic heterocycles. The predicted molar refractivity (Wildman–Crippen MR) is 95.6 cm³/mol. The summed E-state index contributed by atoms with van der Waals surface area (Å²) < 4.78 is 5.26. The molecular weight excluding hydrogens is 302 g/mol. The highest BCUT2D eigenvalue weighted by Crippen LogP contribution is 2.26. The van der Waals surface area contributed by atoms with E-state index in [1.54, 1.807) is 18.2 Å².